The van der Waals surface area contributed by atoms with Crippen molar-refractivity contribution in [2.75, 3.05) is 24.5 Å². The minimum atomic E-state index is -0.455. The van der Waals surface area contributed by atoms with Crippen LogP contribution in [0, 0.1) is 5.92 Å². The van der Waals surface area contributed by atoms with E-state index in [-0.39, 0.29) is 18.4 Å². The number of rotatable bonds is 6. The van der Waals surface area contributed by atoms with E-state index in [1.54, 1.807) is 0 Å². The molecule has 24 heavy (non-hydrogen) atoms. The molecule has 2 amide bonds. The summed E-state index contributed by atoms with van der Waals surface area (Å²) in [7, 11) is 0. The first-order valence-electron chi connectivity index (χ1n) is 7.89. The van der Waals surface area contributed by atoms with Gasteiger partial charge in [-0.15, -0.1) is 0 Å². The molecule has 2 rings (SSSR count). The van der Waals surface area contributed by atoms with Crippen molar-refractivity contribution in [1.29, 1.82) is 0 Å². The van der Waals surface area contributed by atoms with E-state index in [1.165, 1.54) is 0 Å². The van der Waals surface area contributed by atoms with Crippen LogP contribution in [0.15, 0.2) is 24.3 Å². The summed E-state index contributed by atoms with van der Waals surface area (Å²) in [6.45, 7) is 2.26. The molecule has 0 aromatic heterocycles. The highest BCUT2D eigenvalue weighted by atomic mass is 32.1. The number of anilines is 1. The van der Waals surface area contributed by atoms with Crippen molar-refractivity contribution in [3.63, 3.8) is 0 Å². The smallest absolute Gasteiger partial charge is 0.236 e. The SMILES string of the molecule is NC(=O)CNC(=S)NCc1ccc(N2CCC(C(N)=O)CC2)cc1. The van der Waals surface area contributed by atoms with Crippen molar-refractivity contribution in [2.45, 2.75) is 19.4 Å². The lowest BCUT2D eigenvalue weighted by Gasteiger charge is -2.32. The van der Waals surface area contributed by atoms with Crippen LogP contribution in [0.3, 0.4) is 0 Å². The second-order valence-electron chi connectivity index (χ2n) is 5.83. The van der Waals surface area contributed by atoms with Gasteiger partial charge in [0.05, 0.1) is 6.54 Å². The lowest BCUT2D eigenvalue weighted by atomic mass is 9.96. The molecule has 0 saturated carbocycles. The van der Waals surface area contributed by atoms with E-state index in [0.717, 1.165) is 37.2 Å². The Hall–Kier alpha value is -2.35. The molecule has 0 radical (unpaired) electrons. The van der Waals surface area contributed by atoms with Gasteiger partial charge in [-0.2, -0.15) is 0 Å². The van der Waals surface area contributed by atoms with Gasteiger partial charge in [-0.3, -0.25) is 9.59 Å². The van der Waals surface area contributed by atoms with Crippen molar-refractivity contribution in [2.24, 2.45) is 17.4 Å². The van der Waals surface area contributed by atoms with E-state index < -0.39 is 5.91 Å². The van der Waals surface area contributed by atoms with Crippen molar-refractivity contribution in [3.8, 4) is 0 Å². The summed E-state index contributed by atoms with van der Waals surface area (Å²) >= 11 is 5.06. The second kappa shape index (κ2) is 8.49. The molecule has 1 aromatic carbocycles. The zero-order chi connectivity index (χ0) is 17.5. The van der Waals surface area contributed by atoms with E-state index in [4.69, 9.17) is 23.7 Å². The third-order valence-corrected chi connectivity index (χ3v) is 4.36. The van der Waals surface area contributed by atoms with Gasteiger partial charge >= 0.3 is 0 Å². The maximum absolute atomic E-state index is 11.2. The molecule has 1 fully saturated rings. The van der Waals surface area contributed by atoms with E-state index >= 15 is 0 Å². The average molecular weight is 349 g/mol. The van der Waals surface area contributed by atoms with Crippen LogP contribution in [0.1, 0.15) is 18.4 Å². The maximum Gasteiger partial charge on any atom is 0.236 e. The molecule has 7 nitrogen and oxygen atoms in total. The molecule has 0 bridgehead atoms. The molecular weight excluding hydrogens is 326 g/mol. The molecule has 1 heterocycles. The molecule has 0 spiro atoms. The second-order valence-corrected chi connectivity index (χ2v) is 6.24. The van der Waals surface area contributed by atoms with E-state index in [2.05, 4.69) is 27.7 Å². The number of amides is 2. The highest BCUT2D eigenvalue weighted by Crippen LogP contribution is 2.23. The van der Waals surface area contributed by atoms with Gasteiger partial charge in [-0.05, 0) is 42.8 Å². The fourth-order valence-corrected chi connectivity index (χ4v) is 2.80. The Balaban J connectivity index is 1.80. The Morgan fingerprint density at radius 1 is 1.12 bits per heavy atom. The minimum Gasteiger partial charge on any atom is -0.371 e. The summed E-state index contributed by atoms with van der Waals surface area (Å²) in [6, 6.07) is 8.17. The standard InChI is InChI=1S/C16H23N5O2S/c17-14(22)10-20-16(24)19-9-11-1-3-13(4-2-11)21-7-5-12(6-8-21)15(18)23/h1-4,12H,5-10H2,(H2,17,22)(H2,18,23)(H2,19,20,24). The van der Waals surface area contributed by atoms with Crippen molar-refractivity contribution < 1.29 is 9.59 Å². The van der Waals surface area contributed by atoms with E-state index in [0.29, 0.717) is 11.7 Å². The van der Waals surface area contributed by atoms with Crippen molar-refractivity contribution in [1.82, 2.24) is 10.6 Å². The highest BCUT2D eigenvalue weighted by molar-refractivity contribution is 7.80. The van der Waals surface area contributed by atoms with Gasteiger partial charge in [0.25, 0.3) is 0 Å². The average Bonchev–Trinajstić information content (AvgIpc) is 2.58. The first-order chi connectivity index (χ1) is 11.5. The van der Waals surface area contributed by atoms with Gasteiger partial charge in [-0.25, -0.2) is 0 Å². The number of nitrogens with two attached hydrogens (primary N) is 2. The summed E-state index contributed by atoms with van der Waals surface area (Å²) in [5.41, 5.74) is 12.6. The number of carbonyl (C=O) groups excluding carboxylic acids is 2. The summed E-state index contributed by atoms with van der Waals surface area (Å²) in [5.74, 6) is -0.653. The number of hydrogen-bond acceptors (Lipinski definition) is 4. The van der Waals surface area contributed by atoms with Gasteiger partial charge < -0.3 is 27.0 Å². The van der Waals surface area contributed by atoms with Crippen LogP contribution in [-0.4, -0.2) is 36.6 Å². The molecular formula is C16H23N5O2S. The van der Waals surface area contributed by atoms with E-state index in [1.807, 2.05) is 12.1 Å². The quantitative estimate of drug-likeness (QED) is 0.531. The van der Waals surface area contributed by atoms with Crippen molar-refractivity contribution in [3.05, 3.63) is 29.8 Å². The van der Waals surface area contributed by atoms with Gasteiger partial charge in [0.2, 0.25) is 11.8 Å². The maximum atomic E-state index is 11.2. The lowest BCUT2D eigenvalue weighted by molar-refractivity contribution is -0.122. The Labute approximate surface area is 146 Å². The first kappa shape index (κ1) is 18.0. The number of thiocarbonyl (C=S) groups is 1. The van der Waals surface area contributed by atoms with Crippen LogP contribution in [0.4, 0.5) is 5.69 Å². The molecule has 0 aliphatic carbocycles. The fourth-order valence-electron chi connectivity index (χ4n) is 2.66. The molecule has 130 valence electrons. The van der Waals surface area contributed by atoms with Gasteiger partial charge in [0.1, 0.15) is 0 Å². The van der Waals surface area contributed by atoms with Crippen LogP contribution in [0.25, 0.3) is 0 Å². The third-order valence-electron chi connectivity index (χ3n) is 4.08. The molecule has 8 heteroatoms. The molecule has 6 N–H and O–H groups in total. The molecule has 1 saturated heterocycles. The summed E-state index contributed by atoms with van der Waals surface area (Å²) in [4.78, 5) is 24.1. The topological polar surface area (TPSA) is 113 Å². The summed E-state index contributed by atoms with van der Waals surface area (Å²) in [6.07, 6.45) is 1.61. The number of carbonyl (C=O) groups is 2. The Kier molecular flexibility index (Phi) is 6.36. The lowest BCUT2D eigenvalue weighted by Crippen LogP contribution is -2.39. The molecule has 0 unspecified atom stereocenters. The Bertz CT molecular complexity index is 597. The summed E-state index contributed by atoms with van der Waals surface area (Å²) < 4.78 is 0. The Morgan fingerprint density at radius 2 is 1.75 bits per heavy atom. The van der Waals surface area contributed by atoms with Gasteiger partial charge in [0.15, 0.2) is 5.11 Å². The molecule has 1 aliphatic rings. The van der Waals surface area contributed by atoms with Crippen molar-refractivity contribution >= 4 is 34.8 Å². The monoisotopic (exact) mass is 349 g/mol. The fraction of sp³-hybridized carbons (Fsp3) is 0.438. The zero-order valence-electron chi connectivity index (χ0n) is 13.5. The van der Waals surface area contributed by atoms with Crippen LogP contribution < -0.4 is 27.0 Å². The molecule has 1 aliphatic heterocycles. The minimum absolute atomic E-state index is 0.00126. The number of benzene rings is 1. The normalized spacial score (nSPS) is 14.9. The number of nitrogens with one attached hydrogen (secondary N) is 2. The number of primary amides is 2. The van der Waals surface area contributed by atoms with Gasteiger partial charge in [-0.1, -0.05) is 12.1 Å². The van der Waals surface area contributed by atoms with Crippen LogP contribution in [-0.2, 0) is 16.1 Å². The number of hydrogen-bond donors (Lipinski definition) is 4. The zero-order valence-corrected chi connectivity index (χ0v) is 14.3. The van der Waals surface area contributed by atoms with Crippen LogP contribution in [0.5, 0.6) is 0 Å². The number of piperidine rings is 1. The number of nitrogens with zero attached hydrogens (tertiary/aromatic N) is 1. The molecule has 0 atom stereocenters. The largest absolute Gasteiger partial charge is 0.371 e. The predicted octanol–water partition coefficient (Wildman–Crippen LogP) is -0.162. The van der Waals surface area contributed by atoms with Crippen LogP contribution >= 0.6 is 12.2 Å². The summed E-state index contributed by atoms with van der Waals surface area (Å²) in [5, 5.41) is 6.14. The van der Waals surface area contributed by atoms with Crippen LogP contribution in [0.2, 0.25) is 0 Å². The van der Waals surface area contributed by atoms with Gasteiger partial charge in [0, 0.05) is 31.2 Å². The predicted molar refractivity (Wildman–Crippen MR) is 97.2 cm³/mol. The van der Waals surface area contributed by atoms with E-state index in [9.17, 15) is 9.59 Å². The Morgan fingerprint density at radius 3 is 2.29 bits per heavy atom. The third kappa shape index (κ3) is 5.38. The first-order valence-corrected chi connectivity index (χ1v) is 8.29. The highest BCUT2D eigenvalue weighted by Gasteiger charge is 2.23. The molecule has 1 aromatic rings.